The van der Waals surface area contributed by atoms with Gasteiger partial charge in [0.15, 0.2) is 0 Å². The summed E-state index contributed by atoms with van der Waals surface area (Å²) in [7, 11) is 0. The average molecular weight is 189 g/mol. The highest BCUT2D eigenvalue weighted by Crippen LogP contribution is 2.20. The fourth-order valence-corrected chi connectivity index (χ4v) is 2.23. The van der Waals surface area contributed by atoms with Crippen molar-refractivity contribution in [2.75, 3.05) is 24.6 Å². The van der Waals surface area contributed by atoms with Gasteiger partial charge in [-0.05, 0) is 17.9 Å². The highest BCUT2D eigenvalue weighted by molar-refractivity contribution is 7.99. The molecule has 1 fully saturated rings. The lowest BCUT2D eigenvalue weighted by molar-refractivity contribution is 0.0901. The second-order valence-corrected chi connectivity index (χ2v) is 4.28. The van der Waals surface area contributed by atoms with Crippen molar-refractivity contribution in [1.29, 1.82) is 0 Å². The summed E-state index contributed by atoms with van der Waals surface area (Å²) in [5, 5.41) is 8.54. The lowest BCUT2D eigenvalue weighted by Crippen LogP contribution is -2.50. The quantitative estimate of drug-likeness (QED) is 0.685. The molecule has 1 aliphatic heterocycles. The summed E-state index contributed by atoms with van der Waals surface area (Å²) in [6, 6.07) is 0. The molecule has 0 bridgehead atoms. The lowest BCUT2D eigenvalue weighted by Gasteiger charge is -2.36. The third-order valence-corrected chi connectivity index (χ3v) is 3.33. The molecule has 70 valence electrons. The normalized spacial score (nSPS) is 17.6. The SMILES string of the molecule is CCCSCC1CN(C(=O)O)C1. The monoisotopic (exact) mass is 189 g/mol. The Labute approximate surface area is 77.1 Å². The minimum absolute atomic E-state index is 0.609. The van der Waals surface area contributed by atoms with Crippen LogP contribution in [0.3, 0.4) is 0 Å². The number of rotatable bonds is 4. The van der Waals surface area contributed by atoms with Gasteiger partial charge in [0.2, 0.25) is 0 Å². The fourth-order valence-electron chi connectivity index (χ4n) is 1.23. The van der Waals surface area contributed by atoms with E-state index in [2.05, 4.69) is 6.92 Å². The van der Waals surface area contributed by atoms with E-state index in [1.54, 1.807) is 0 Å². The van der Waals surface area contributed by atoms with Crippen molar-refractivity contribution in [1.82, 2.24) is 4.90 Å². The molecule has 1 aliphatic rings. The van der Waals surface area contributed by atoms with E-state index in [9.17, 15) is 4.79 Å². The predicted molar refractivity (Wildman–Crippen MR) is 50.7 cm³/mol. The molecule has 1 saturated heterocycles. The highest BCUT2D eigenvalue weighted by Gasteiger charge is 2.29. The molecule has 0 atom stereocenters. The molecule has 12 heavy (non-hydrogen) atoms. The summed E-state index contributed by atoms with van der Waals surface area (Å²) >= 11 is 1.93. The van der Waals surface area contributed by atoms with Crippen molar-refractivity contribution in [2.24, 2.45) is 5.92 Å². The fraction of sp³-hybridized carbons (Fsp3) is 0.875. The van der Waals surface area contributed by atoms with Crippen LogP contribution >= 0.6 is 11.8 Å². The number of carboxylic acid groups (broad SMARTS) is 1. The molecule has 1 amide bonds. The first-order valence-corrected chi connectivity index (χ1v) is 5.45. The van der Waals surface area contributed by atoms with Crippen LogP contribution in [-0.4, -0.2) is 40.7 Å². The van der Waals surface area contributed by atoms with Crippen LogP contribution < -0.4 is 0 Å². The van der Waals surface area contributed by atoms with E-state index in [0.717, 1.165) is 18.8 Å². The van der Waals surface area contributed by atoms with Crippen molar-refractivity contribution in [3.63, 3.8) is 0 Å². The van der Waals surface area contributed by atoms with Crippen LogP contribution in [0, 0.1) is 5.92 Å². The summed E-state index contributed by atoms with van der Waals surface area (Å²) in [6.07, 6.45) is 0.437. The Bertz CT molecular complexity index is 157. The number of carbonyl (C=O) groups is 1. The van der Waals surface area contributed by atoms with Crippen LogP contribution in [0.5, 0.6) is 0 Å². The molecule has 0 aromatic carbocycles. The molecule has 1 heterocycles. The maximum Gasteiger partial charge on any atom is 0.407 e. The molecule has 1 rings (SSSR count). The Hall–Kier alpha value is -0.380. The van der Waals surface area contributed by atoms with Crippen LogP contribution in [-0.2, 0) is 0 Å². The van der Waals surface area contributed by atoms with E-state index >= 15 is 0 Å². The van der Waals surface area contributed by atoms with Crippen LogP contribution in [0.15, 0.2) is 0 Å². The number of hydrogen-bond acceptors (Lipinski definition) is 2. The lowest BCUT2D eigenvalue weighted by atomic mass is 10.0. The number of likely N-dealkylation sites (tertiary alicyclic amines) is 1. The summed E-state index contributed by atoms with van der Waals surface area (Å²) in [4.78, 5) is 11.8. The minimum Gasteiger partial charge on any atom is -0.465 e. The molecule has 0 unspecified atom stereocenters. The third kappa shape index (κ3) is 2.59. The van der Waals surface area contributed by atoms with Gasteiger partial charge in [-0.15, -0.1) is 0 Å². The van der Waals surface area contributed by atoms with E-state index in [1.807, 2.05) is 11.8 Å². The van der Waals surface area contributed by atoms with E-state index in [4.69, 9.17) is 5.11 Å². The van der Waals surface area contributed by atoms with Gasteiger partial charge in [-0.25, -0.2) is 4.79 Å². The largest absolute Gasteiger partial charge is 0.465 e. The van der Waals surface area contributed by atoms with Gasteiger partial charge in [-0.1, -0.05) is 6.92 Å². The first kappa shape index (κ1) is 9.71. The predicted octanol–water partition coefficient (Wildman–Crippen LogP) is 1.74. The molecule has 0 radical (unpaired) electrons. The minimum atomic E-state index is -0.772. The zero-order valence-electron chi connectivity index (χ0n) is 7.32. The van der Waals surface area contributed by atoms with Crippen LogP contribution in [0.25, 0.3) is 0 Å². The zero-order valence-corrected chi connectivity index (χ0v) is 8.14. The first-order chi connectivity index (χ1) is 5.74. The number of hydrogen-bond donors (Lipinski definition) is 1. The highest BCUT2D eigenvalue weighted by atomic mass is 32.2. The van der Waals surface area contributed by atoms with Gasteiger partial charge in [0.25, 0.3) is 0 Å². The van der Waals surface area contributed by atoms with Gasteiger partial charge < -0.3 is 10.0 Å². The van der Waals surface area contributed by atoms with E-state index in [0.29, 0.717) is 5.92 Å². The molecular formula is C8H15NO2S. The number of thioether (sulfide) groups is 1. The van der Waals surface area contributed by atoms with Crippen molar-refractivity contribution in [2.45, 2.75) is 13.3 Å². The Balaban J connectivity index is 1.98. The summed E-state index contributed by atoms with van der Waals surface area (Å²) < 4.78 is 0. The van der Waals surface area contributed by atoms with Gasteiger partial charge in [0.05, 0.1) is 0 Å². The maximum absolute atomic E-state index is 10.4. The summed E-state index contributed by atoms with van der Waals surface area (Å²) in [5.41, 5.74) is 0. The zero-order chi connectivity index (χ0) is 8.97. The Morgan fingerprint density at radius 3 is 2.83 bits per heavy atom. The molecule has 3 nitrogen and oxygen atoms in total. The van der Waals surface area contributed by atoms with Gasteiger partial charge in [0.1, 0.15) is 0 Å². The first-order valence-electron chi connectivity index (χ1n) is 4.29. The smallest absolute Gasteiger partial charge is 0.407 e. The van der Waals surface area contributed by atoms with Gasteiger partial charge >= 0.3 is 6.09 Å². The molecular weight excluding hydrogens is 174 g/mol. The molecule has 0 aromatic heterocycles. The summed E-state index contributed by atoms with van der Waals surface area (Å²) in [6.45, 7) is 3.65. The van der Waals surface area contributed by atoms with Crippen molar-refractivity contribution in [3.05, 3.63) is 0 Å². The van der Waals surface area contributed by atoms with Crippen LogP contribution in [0.4, 0.5) is 4.79 Å². The van der Waals surface area contributed by atoms with E-state index in [-0.39, 0.29) is 0 Å². The molecule has 1 N–H and O–H groups in total. The molecule has 0 spiro atoms. The number of amides is 1. The molecule has 0 saturated carbocycles. The summed E-state index contributed by atoms with van der Waals surface area (Å²) in [5.74, 6) is 2.93. The maximum atomic E-state index is 10.4. The second kappa shape index (κ2) is 4.60. The van der Waals surface area contributed by atoms with Gasteiger partial charge in [-0.3, -0.25) is 0 Å². The van der Waals surface area contributed by atoms with Crippen molar-refractivity contribution < 1.29 is 9.90 Å². The van der Waals surface area contributed by atoms with Gasteiger partial charge in [0, 0.05) is 19.0 Å². The second-order valence-electron chi connectivity index (χ2n) is 3.13. The van der Waals surface area contributed by atoms with Crippen molar-refractivity contribution in [3.8, 4) is 0 Å². The molecule has 4 heteroatoms. The third-order valence-electron chi connectivity index (χ3n) is 1.93. The topological polar surface area (TPSA) is 40.5 Å². The molecule has 0 aliphatic carbocycles. The van der Waals surface area contributed by atoms with Crippen LogP contribution in [0.2, 0.25) is 0 Å². The Morgan fingerprint density at radius 1 is 1.67 bits per heavy atom. The standard InChI is InChI=1S/C8H15NO2S/c1-2-3-12-6-7-4-9(5-7)8(10)11/h7H,2-6H2,1H3,(H,10,11). The van der Waals surface area contributed by atoms with Crippen LogP contribution in [0.1, 0.15) is 13.3 Å². The van der Waals surface area contributed by atoms with E-state index < -0.39 is 6.09 Å². The average Bonchev–Trinajstić information content (AvgIpc) is 1.93. The Morgan fingerprint density at radius 2 is 2.33 bits per heavy atom. The molecule has 0 aromatic rings. The van der Waals surface area contributed by atoms with Gasteiger partial charge in [-0.2, -0.15) is 11.8 Å². The van der Waals surface area contributed by atoms with E-state index in [1.165, 1.54) is 17.1 Å². The Kier molecular flexibility index (Phi) is 3.72. The number of nitrogens with zero attached hydrogens (tertiary/aromatic N) is 1. The van der Waals surface area contributed by atoms with Crippen molar-refractivity contribution >= 4 is 17.9 Å².